The molecule has 2 aliphatic carbocycles. The lowest BCUT2D eigenvalue weighted by Crippen LogP contribution is -2.56. The second-order valence-corrected chi connectivity index (χ2v) is 9.83. The summed E-state index contributed by atoms with van der Waals surface area (Å²) in [7, 11) is 0. The molecule has 1 saturated heterocycles. The number of carbonyl (C=O) groups is 1. The van der Waals surface area contributed by atoms with Gasteiger partial charge in [0.1, 0.15) is 0 Å². The van der Waals surface area contributed by atoms with Crippen LogP contribution < -0.4 is 0 Å². The van der Waals surface area contributed by atoms with Crippen molar-refractivity contribution in [3.63, 3.8) is 0 Å². The summed E-state index contributed by atoms with van der Waals surface area (Å²) in [4.78, 5) is 26.7. The number of aromatic nitrogens is 2. The zero-order valence-electron chi connectivity index (χ0n) is 17.6. The molecule has 4 nitrogen and oxygen atoms in total. The van der Waals surface area contributed by atoms with E-state index < -0.39 is 5.41 Å². The van der Waals surface area contributed by atoms with Gasteiger partial charge in [0.15, 0.2) is 0 Å². The molecular weight excluding hydrogens is 346 g/mol. The first kappa shape index (κ1) is 18.1. The molecule has 1 amide bonds. The van der Waals surface area contributed by atoms with Gasteiger partial charge in [-0.25, -0.2) is 9.97 Å². The summed E-state index contributed by atoms with van der Waals surface area (Å²) in [6.07, 6.45) is 6.42. The number of para-hydroxylation sites is 2. The van der Waals surface area contributed by atoms with Crippen LogP contribution in [0.1, 0.15) is 77.6 Å². The Hall–Kier alpha value is -1.97. The van der Waals surface area contributed by atoms with Gasteiger partial charge in [0.05, 0.1) is 27.8 Å². The number of amides is 1. The summed E-state index contributed by atoms with van der Waals surface area (Å²) in [5.41, 5.74) is 3.05. The van der Waals surface area contributed by atoms with Crippen molar-refractivity contribution in [1.29, 1.82) is 0 Å². The van der Waals surface area contributed by atoms with Gasteiger partial charge in [-0.2, -0.15) is 0 Å². The van der Waals surface area contributed by atoms with Crippen LogP contribution in [0, 0.1) is 5.41 Å². The van der Waals surface area contributed by atoms with Crippen LogP contribution in [0.15, 0.2) is 24.3 Å². The third-order valence-corrected chi connectivity index (χ3v) is 8.67. The zero-order chi connectivity index (χ0) is 19.7. The molecular formula is C24H31N3O. The number of nitrogens with zero attached hydrogens (tertiary/aromatic N) is 3. The molecule has 2 bridgehead atoms. The van der Waals surface area contributed by atoms with E-state index in [9.17, 15) is 4.79 Å². The van der Waals surface area contributed by atoms with Gasteiger partial charge in [0.25, 0.3) is 0 Å². The smallest absolute Gasteiger partial charge is 0.235 e. The molecule has 1 saturated carbocycles. The van der Waals surface area contributed by atoms with E-state index in [4.69, 9.17) is 9.97 Å². The van der Waals surface area contributed by atoms with Crippen molar-refractivity contribution in [3.8, 4) is 0 Å². The largest absolute Gasteiger partial charge is 0.339 e. The summed E-state index contributed by atoms with van der Waals surface area (Å²) < 4.78 is 0. The minimum Gasteiger partial charge on any atom is -0.339 e. The minimum atomic E-state index is -0.543. The maximum atomic E-state index is 14.3. The Morgan fingerprint density at radius 3 is 2.43 bits per heavy atom. The van der Waals surface area contributed by atoms with Crippen molar-refractivity contribution in [2.45, 2.75) is 83.1 Å². The molecule has 148 valence electrons. The third kappa shape index (κ3) is 1.94. The lowest BCUT2D eigenvalue weighted by molar-refractivity contribution is -0.145. The fraction of sp³-hybridized carbons (Fsp3) is 0.625. The number of fused-ring (bicyclic) bond motifs is 6. The van der Waals surface area contributed by atoms with Gasteiger partial charge < -0.3 is 4.90 Å². The number of piperidine rings is 1. The first-order valence-corrected chi connectivity index (χ1v) is 11.0. The van der Waals surface area contributed by atoms with Crippen LogP contribution in [-0.4, -0.2) is 33.4 Å². The van der Waals surface area contributed by atoms with Crippen molar-refractivity contribution >= 4 is 16.9 Å². The minimum absolute atomic E-state index is 0.105. The molecule has 2 aromatic rings. The summed E-state index contributed by atoms with van der Waals surface area (Å²) in [5, 5.41) is 0. The fourth-order valence-corrected chi connectivity index (χ4v) is 6.46. The Labute approximate surface area is 167 Å². The van der Waals surface area contributed by atoms with Gasteiger partial charge in [0.2, 0.25) is 5.91 Å². The van der Waals surface area contributed by atoms with Gasteiger partial charge >= 0.3 is 0 Å². The van der Waals surface area contributed by atoms with Gasteiger partial charge in [0, 0.05) is 18.0 Å². The van der Waals surface area contributed by atoms with Crippen molar-refractivity contribution in [3.05, 3.63) is 35.7 Å². The standard InChI is InChI=1S/C24H31N3O/c1-5-16-10-8-9-15-27(16)21(28)24-14-13-23(4,22(24,2)3)19-20(24)26-18-12-7-6-11-17(18)25-19/h6-7,11-12,16H,5,8-10,13-15H2,1-4H3. The fourth-order valence-electron chi connectivity index (χ4n) is 6.46. The molecule has 5 rings (SSSR count). The maximum absolute atomic E-state index is 14.3. The van der Waals surface area contributed by atoms with Gasteiger partial charge in [-0.3, -0.25) is 4.79 Å². The summed E-state index contributed by atoms with van der Waals surface area (Å²) in [6, 6.07) is 8.46. The predicted molar refractivity (Wildman–Crippen MR) is 111 cm³/mol. The van der Waals surface area contributed by atoms with E-state index in [1.165, 1.54) is 6.42 Å². The van der Waals surface area contributed by atoms with E-state index in [0.29, 0.717) is 11.9 Å². The zero-order valence-corrected chi connectivity index (χ0v) is 17.6. The molecule has 28 heavy (non-hydrogen) atoms. The number of rotatable bonds is 2. The van der Waals surface area contributed by atoms with Crippen LogP contribution in [0.5, 0.6) is 0 Å². The van der Waals surface area contributed by atoms with E-state index in [-0.39, 0.29) is 10.8 Å². The topological polar surface area (TPSA) is 46.1 Å². The molecule has 1 aromatic carbocycles. The van der Waals surface area contributed by atoms with Gasteiger partial charge in [-0.1, -0.05) is 39.8 Å². The van der Waals surface area contributed by atoms with Crippen LogP contribution in [0.25, 0.3) is 11.0 Å². The van der Waals surface area contributed by atoms with Gasteiger partial charge in [-0.15, -0.1) is 0 Å². The highest BCUT2D eigenvalue weighted by Gasteiger charge is 2.73. The SMILES string of the molecule is CCC1CCCCN1C(=O)C12CCC(C)(c3nc4ccccc4nc31)C2(C)C. The lowest BCUT2D eigenvalue weighted by Gasteiger charge is -2.45. The highest BCUT2D eigenvalue weighted by molar-refractivity contribution is 5.93. The highest BCUT2D eigenvalue weighted by Crippen LogP contribution is 2.70. The van der Waals surface area contributed by atoms with Crippen molar-refractivity contribution in [2.24, 2.45) is 5.41 Å². The number of hydrogen-bond donors (Lipinski definition) is 0. The summed E-state index contributed by atoms with van der Waals surface area (Å²) >= 11 is 0. The number of carbonyl (C=O) groups excluding carboxylic acids is 1. The van der Waals surface area contributed by atoms with Crippen molar-refractivity contribution < 1.29 is 4.79 Å². The molecule has 3 aliphatic rings. The van der Waals surface area contributed by atoms with Crippen LogP contribution in [0.4, 0.5) is 0 Å². The Morgan fingerprint density at radius 2 is 1.75 bits per heavy atom. The van der Waals surface area contributed by atoms with E-state index in [0.717, 1.165) is 61.1 Å². The van der Waals surface area contributed by atoms with Gasteiger partial charge in [-0.05, 0) is 56.1 Å². The quantitative estimate of drug-likeness (QED) is 0.759. The van der Waals surface area contributed by atoms with E-state index in [1.807, 2.05) is 24.3 Å². The molecule has 3 unspecified atom stereocenters. The Bertz CT molecular complexity index is 967. The van der Waals surface area contributed by atoms with Crippen molar-refractivity contribution in [1.82, 2.24) is 14.9 Å². The first-order valence-electron chi connectivity index (χ1n) is 11.0. The van der Waals surface area contributed by atoms with E-state index in [1.54, 1.807) is 0 Å². The lowest BCUT2D eigenvalue weighted by atomic mass is 9.63. The number of likely N-dealkylation sites (tertiary alicyclic amines) is 1. The molecule has 4 heteroatoms. The molecule has 1 aliphatic heterocycles. The van der Waals surface area contributed by atoms with Crippen LogP contribution in [0.2, 0.25) is 0 Å². The first-order chi connectivity index (χ1) is 13.4. The Balaban J connectivity index is 1.73. The summed E-state index contributed by atoms with van der Waals surface area (Å²) in [6.45, 7) is 9.99. The van der Waals surface area contributed by atoms with Crippen molar-refractivity contribution in [2.75, 3.05) is 6.54 Å². The molecule has 1 aromatic heterocycles. The summed E-state index contributed by atoms with van der Waals surface area (Å²) in [5.74, 6) is 0.316. The third-order valence-electron chi connectivity index (χ3n) is 8.67. The average molecular weight is 378 g/mol. The molecule has 3 atom stereocenters. The van der Waals surface area contributed by atoms with E-state index in [2.05, 4.69) is 32.6 Å². The maximum Gasteiger partial charge on any atom is 0.235 e. The monoisotopic (exact) mass is 377 g/mol. The second kappa shape index (κ2) is 5.77. The second-order valence-electron chi connectivity index (χ2n) is 9.83. The average Bonchev–Trinajstić information content (AvgIpc) is 3.01. The molecule has 0 radical (unpaired) electrons. The van der Waals surface area contributed by atoms with Crippen LogP contribution in [-0.2, 0) is 15.6 Å². The highest BCUT2D eigenvalue weighted by atomic mass is 16.2. The Morgan fingerprint density at radius 1 is 1.07 bits per heavy atom. The van der Waals surface area contributed by atoms with Crippen LogP contribution in [0.3, 0.4) is 0 Å². The molecule has 2 fully saturated rings. The molecule has 0 N–H and O–H groups in total. The molecule has 2 heterocycles. The predicted octanol–water partition coefficient (Wildman–Crippen LogP) is 4.75. The normalized spacial score (nSPS) is 33.3. The molecule has 0 spiro atoms. The van der Waals surface area contributed by atoms with E-state index >= 15 is 0 Å². The number of benzene rings is 1. The Kier molecular flexibility index (Phi) is 3.73. The number of hydrogen-bond acceptors (Lipinski definition) is 3. The van der Waals surface area contributed by atoms with Crippen LogP contribution >= 0.6 is 0 Å².